The van der Waals surface area contributed by atoms with Crippen LogP contribution in [-0.2, 0) is 6.42 Å². The first-order valence-corrected chi connectivity index (χ1v) is 7.77. The Hall–Kier alpha value is -1.71. The maximum absolute atomic E-state index is 6.05. The number of benzene rings is 2. The highest BCUT2D eigenvalue weighted by atomic mass is 35.5. The molecule has 0 saturated carbocycles. The fourth-order valence-electron chi connectivity index (χ4n) is 3.60. The molecule has 0 aliphatic heterocycles. The third kappa shape index (κ3) is 3.31. The van der Waals surface area contributed by atoms with Crippen LogP contribution in [0, 0.1) is 0 Å². The Morgan fingerprint density at radius 2 is 1.78 bits per heavy atom. The molecule has 0 heterocycles. The summed E-state index contributed by atoms with van der Waals surface area (Å²) in [7, 11) is 3.39. The molecular weight excluding hydrogens is 310 g/mol. The molecule has 0 fully saturated rings. The van der Waals surface area contributed by atoms with E-state index in [0.29, 0.717) is 18.4 Å². The fourth-order valence-corrected chi connectivity index (χ4v) is 3.60. The van der Waals surface area contributed by atoms with Crippen LogP contribution in [0.4, 0.5) is 0 Å². The minimum atomic E-state index is 0. The van der Waals surface area contributed by atoms with Gasteiger partial charge in [-0.15, -0.1) is 12.4 Å². The lowest BCUT2D eigenvalue weighted by atomic mass is 9.74. The smallest absolute Gasteiger partial charge is 0.164 e. The number of rotatable bonds is 4. The van der Waals surface area contributed by atoms with Gasteiger partial charge in [0.1, 0.15) is 0 Å². The van der Waals surface area contributed by atoms with Crippen molar-refractivity contribution in [2.45, 2.75) is 24.7 Å². The van der Waals surface area contributed by atoms with Gasteiger partial charge in [-0.05, 0) is 48.4 Å². The van der Waals surface area contributed by atoms with Gasteiger partial charge in [0.25, 0.3) is 0 Å². The van der Waals surface area contributed by atoms with E-state index in [4.69, 9.17) is 15.2 Å². The zero-order chi connectivity index (χ0) is 15.5. The third-order valence-corrected chi connectivity index (χ3v) is 4.70. The van der Waals surface area contributed by atoms with Gasteiger partial charge in [-0.3, -0.25) is 0 Å². The second-order valence-electron chi connectivity index (χ2n) is 5.85. The summed E-state index contributed by atoms with van der Waals surface area (Å²) < 4.78 is 11.1. The minimum absolute atomic E-state index is 0. The number of halogens is 1. The molecular formula is C19H24ClNO2. The monoisotopic (exact) mass is 333 g/mol. The predicted molar refractivity (Wildman–Crippen MR) is 96.1 cm³/mol. The van der Waals surface area contributed by atoms with Crippen molar-refractivity contribution in [1.29, 1.82) is 0 Å². The molecule has 2 aromatic rings. The molecule has 2 N–H and O–H groups in total. The molecule has 3 nitrogen and oxygen atoms in total. The Kier molecular flexibility index (Phi) is 5.91. The van der Waals surface area contributed by atoms with E-state index >= 15 is 0 Å². The summed E-state index contributed by atoms with van der Waals surface area (Å²) in [5.41, 5.74) is 9.98. The van der Waals surface area contributed by atoms with E-state index in [9.17, 15) is 0 Å². The van der Waals surface area contributed by atoms with Crippen LogP contribution >= 0.6 is 12.4 Å². The average molecular weight is 334 g/mol. The van der Waals surface area contributed by atoms with Crippen molar-refractivity contribution in [3.63, 3.8) is 0 Å². The Balaban J connectivity index is 0.00000192. The fraction of sp³-hybridized carbons (Fsp3) is 0.368. The Morgan fingerprint density at radius 1 is 1.04 bits per heavy atom. The summed E-state index contributed by atoms with van der Waals surface area (Å²) in [5, 5.41) is 0. The van der Waals surface area contributed by atoms with Crippen LogP contribution in [0.2, 0.25) is 0 Å². The van der Waals surface area contributed by atoms with Crippen molar-refractivity contribution in [3.8, 4) is 11.5 Å². The van der Waals surface area contributed by atoms with E-state index in [1.807, 2.05) is 6.07 Å². The number of fused-ring (bicyclic) bond motifs is 1. The van der Waals surface area contributed by atoms with Crippen molar-refractivity contribution in [3.05, 3.63) is 59.2 Å². The summed E-state index contributed by atoms with van der Waals surface area (Å²) in [5.74, 6) is 2.50. The van der Waals surface area contributed by atoms with E-state index in [0.717, 1.165) is 24.3 Å². The van der Waals surface area contributed by atoms with E-state index < -0.39 is 0 Å². The van der Waals surface area contributed by atoms with Gasteiger partial charge in [-0.2, -0.15) is 0 Å². The average Bonchev–Trinajstić information content (AvgIpc) is 2.60. The molecule has 1 aliphatic rings. The van der Waals surface area contributed by atoms with Crippen molar-refractivity contribution >= 4 is 12.4 Å². The first kappa shape index (κ1) is 17.6. The maximum Gasteiger partial charge on any atom is 0.164 e. The van der Waals surface area contributed by atoms with E-state index in [2.05, 4.69) is 36.4 Å². The molecule has 1 aliphatic carbocycles. The van der Waals surface area contributed by atoms with E-state index in [1.165, 1.54) is 16.7 Å². The highest BCUT2D eigenvalue weighted by Gasteiger charge is 2.30. The second kappa shape index (κ2) is 7.71. The van der Waals surface area contributed by atoms with Crippen LogP contribution in [-0.4, -0.2) is 20.8 Å². The molecule has 2 unspecified atom stereocenters. The molecule has 2 atom stereocenters. The van der Waals surface area contributed by atoms with Crippen molar-refractivity contribution in [2.75, 3.05) is 20.8 Å². The van der Waals surface area contributed by atoms with Crippen LogP contribution < -0.4 is 15.2 Å². The molecule has 0 saturated heterocycles. The van der Waals surface area contributed by atoms with Gasteiger partial charge in [-0.1, -0.05) is 36.4 Å². The quantitative estimate of drug-likeness (QED) is 0.923. The van der Waals surface area contributed by atoms with Gasteiger partial charge in [0.2, 0.25) is 0 Å². The van der Waals surface area contributed by atoms with Crippen LogP contribution in [0.3, 0.4) is 0 Å². The Labute approximate surface area is 144 Å². The normalized spacial score (nSPS) is 19.4. The van der Waals surface area contributed by atoms with Crippen LogP contribution in [0.1, 0.15) is 34.9 Å². The second-order valence-corrected chi connectivity index (χ2v) is 5.85. The van der Waals surface area contributed by atoms with Gasteiger partial charge in [0.05, 0.1) is 14.2 Å². The number of ether oxygens (including phenoxy) is 2. The van der Waals surface area contributed by atoms with E-state index in [1.54, 1.807) is 14.2 Å². The number of methoxy groups -OCH3 is 2. The van der Waals surface area contributed by atoms with Crippen molar-refractivity contribution in [2.24, 2.45) is 5.73 Å². The molecule has 3 rings (SSSR count). The molecule has 2 aromatic carbocycles. The highest BCUT2D eigenvalue weighted by molar-refractivity contribution is 5.85. The summed E-state index contributed by atoms with van der Waals surface area (Å²) in [6, 6.07) is 14.8. The standard InChI is InChI=1S/C19H23NO2.ClH/c1-21-18-9-8-16-15(12-20)10-14(11-17(16)19(18)22-2)13-6-4-3-5-7-13;/h3-9,14-15H,10-12,20H2,1-2H3;1H. The maximum atomic E-state index is 6.05. The van der Waals surface area contributed by atoms with Crippen LogP contribution in [0.25, 0.3) is 0 Å². The molecule has 0 amide bonds. The first-order valence-electron chi connectivity index (χ1n) is 7.77. The summed E-state index contributed by atoms with van der Waals surface area (Å²) in [6.07, 6.45) is 2.05. The number of nitrogens with two attached hydrogens (primary N) is 1. The summed E-state index contributed by atoms with van der Waals surface area (Å²) in [4.78, 5) is 0. The van der Waals surface area contributed by atoms with Gasteiger partial charge < -0.3 is 15.2 Å². The minimum Gasteiger partial charge on any atom is -0.493 e. The SMILES string of the molecule is COc1ccc2c(c1OC)CC(c1ccccc1)CC2CN.Cl. The molecule has 4 heteroatoms. The van der Waals surface area contributed by atoms with Crippen LogP contribution in [0.5, 0.6) is 11.5 Å². The van der Waals surface area contributed by atoms with Gasteiger partial charge in [-0.25, -0.2) is 0 Å². The van der Waals surface area contributed by atoms with Crippen molar-refractivity contribution in [1.82, 2.24) is 0 Å². The molecule has 124 valence electrons. The molecule has 23 heavy (non-hydrogen) atoms. The lowest BCUT2D eigenvalue weighted by Crippen LogP contribution is -2.23. The predicted octanol–water partition coefficient (Wildman–Crippen LogP) is 3.90. The molecule has 0 radical (unpaired) electrons. The zero-order valence-electron chi connectivity index (χ0n) is 13.6. The Morgan fingerprint density at radius 3 is 2.39 bits per heavy atom. The lowest BCUT2D eigenvalue weighted by Gasteiger charge is -2.32. The topological polar surface area (TPSA) is 44.5 Å². The largest absolute Gasteiger partial charge is 0.493 e. The third-order valence-electron chi connectivity index (χ3n) is 4.70. The number of hydrogen-bond acceptors (Lipinski definition) is 3. The lowest BCUT2D eigenvalue weighted by molar-refractivity contribution is 0.346. The highest BCUT2D eigenvalue weighted by Crippen LogP contribution is 2.45. The summed E-state index contributed by atoms with van der Waals surface area (Å²) >= 11 is 0. The molecule has 0 spiro atoms. The molecule has 0 bridgehead atoms. The zero-order valence-corrected chi connectivity index (χ0v) is 14.4. The van der Waals surface area contributed by atoms with Gasteiger partial charge in [0, 0.05) is 5.56 Å². The number of hydrogen-bond donors (Lipinski definition) is 1. The first-order chi connectivity index (χ1) is 10.8. The van der Waals surface area contributed by atoms with Crippen LogP contribution in [0.15, 0.2) is 42.5 Å². The molecule has 0 aromatic heterocycles. The van der Waals surface area contributed by atoms with Gasteiger partial charge in [0.15, 0.2) is 11.5 Å². The van der Waals surface area contributed by atoms with E-state index in [-0.39, 0.29) is 12.4 Å². The van der Waals surface area contributed by atoms with Crippen molar-refractivity contribution < 1.29 is 9.47 Å². The van der Waals surface area contributed by atoms with Gasteiger partial charge >= 0.3 is 0 Å². The summed E-state index contributed by atoms with van der Waals surface area (Å²) in [6.45, 7) is 0.659. The Bertz CT molecular complexity index is 645.